The molecule has 7 nitrogen and oxygen atoms in total. The Bertz CT molecular complexity index is 949. The third-order valence-electron chi connectivity index (χ3n) is 4.90. The minimum Gasteiger partial charge on any atom is -0.392 e. The van der Waals surface area contributed by atoms with Gasteiger partial charge in [-0.25, -0.2) is 0 Å². The third-order valence-corrected chi connectivity index (χ3v) is 4.90. The van der Waals surface area contributed by atoms with E-state index in [-0.39, 0.29) is 26.4 Å². The van der Waals surface area contributed by atoms with Crippen LogP contribution in [0.3, 0.4) is 0 Å². The number of carbonyl (C=O) groups is 2. The Morgan fingerprint density at radius 3 is 1.58 bits per heavy atom. The highest BCUT2D eigenvalue weighted by Gasteiger charge is 2.26. The zero-order valence-corrected chi connectivity index (χ0v) is 18.3. The van der Waals surface area contributed by atoms with Crippen molar-refractivity contribution in [1.82, 2.24) is 0 Å². The van der Waals surface area contributed by atoms with Crippen LogP contribution in [0.4, 0.5) is 0 Å². The highest BCUT2D eigenvalue weighted by molar-refractivity contribution is 6.02. The van der Waals surface area contributed by atoms with Crippen LogP contribution in [0.2, 0.25) is 0 Å². The third kappa shape index (κ3) is 6.29. The first-order chi connectivity index (χ1) is 14.4. The molecule has 168 valence electrons. The highest BCUT2D eigenvalue weighted by atomic mass is 16.5. The Balaban J connectivity index is 2.17. The molecule has 0 radical (unpaired) electrons. The van der Waals surface area contributed by atoms with Crippen LogP contribution in [0, 0.1) is 0 Å². The quantitative estimate of drug-likeness (QED) is 0.426. The van der Waals surface area contributed by atoms with Gasteiger partial charge in [0.15, 0.2) is 11.6 Å². The molecule has 0 aliphatic heterocycles. The van der Waals surface area contributed by atoms with Gasteiger partial charge in [0.05, 0.1) is 26.4 Å². The summed E-state index contributed by atoms with van der Waals surface area (Å²) in [5, 5.41) is 39.1. The topological polar surface area (TPSA) is 124 Å². The smallest absolute Gasteiger partial charge is 0.193 e. The fraction of sp³-hybridized carbons (Fsp3) is 0.417. The predicted octanol–water partition coefficient (Wildman–Crippen LogP) is 2.30. The van der Waals surface area contributed by atoms with Crippen molar-refractivity contribution in [2.75, 3.05) is 0 Å². The molecule has 0 unspecified atom stereocenters. The number of carbonyl (C=O) groups excluding carboxylic acids is 2. The Hall–Kier alpha value is -2.42. The van der Waals surface area contributed by atoms with Gasteiger partial charge >= 0.3 is 0 Å². The van der Waals surface area contributed by atoms with E-state index in [1.54, 1.807) is 30.3 Å². The Kier molecular flexibility index (Phi) is 7.86. The Labute approximate surface area is 181 Å². The summed E-state index contributed by atoms with van der Waals surface area (Å²) in [5.41, 5.74) is -0.0476. The lowest BCUT2D eigenvalue weighted by atomic mass is 9.94. The average Bonchev–Trinajstić information content (AvgIpc) is 2.71. The number of ketones is 2. The minimum atomic E-state index is -1.52. The van der Waals surface area contributed by atoms with Gasteiger partial charge in [0.25, 0.3) is 0 Å². The number of rotatable bonds is 10. The van der Waals surface area contributed by atoms with Crippen molar-refractivity contribution in [3.8, 4) is 0 Å². The molecule has 0 bridgehead atoms. The molecule has 4 N–H and O–H groups in total. The number of benzene rings is 2. The second-order valence-corrected chi connectivity index (χ2v) is 8.55. The molecule has 0 aromatic heterocycles. The van der Waals surface area contributed by atoms with Gasteiger partial charge in [0, 0.05) is 11.1 Å². The standard InChI is InChI=1S/C24H30O7/c1-23(2,29)21(27)15-6-8-18(19(9-15)12-26)13-31-14-20-10-16(5-7-17(20)11-25)22(28)24(3,4)30/h5-10,25-26,29-30H,11-14H2,1-4H3. The summed E-state index contributed by atoms with van der Waals surface area (Å²) in [7, 11) is 0. The van der Waals surface area contributed by atoms with Crippen LogP contribution < -0.4 is 0 Å². The van der Waals surface area contributed by atoms with E-state index in [2.05, 4.69) is 0 Å². The maximum Gasteiger partial charge on any atom is 0.193 e. The predicted molar refractivity (Wildman–Crippen MR) is 114 cm³/mol. The first-order valence-electron chi connectivity index (χ1n) is 9.96. The molecule has 0 fully saturated rings. The number of aliphatic hydroxyl groups excluding tert-OH is 2. The summed E-state index contributed by atoms with van der Waals surface area (Å²) in [6.07, 6.45) is 0. The van der Waals surface area contributed by atoms with E-state index in [4.69, 9.17) is 4.74 Å². The summed E-state index contributed by atoms with van der Waals surface area (Å²) in [4.78, 5) is 24.6. The van der Waals surface area contributed by atoms with Gasteiger partial charge in [-0.05, 0) is 62.1 Å². The normalized spacial score (nSPS) is 12.1. The molecule has 0 saturated heterocycles. The molecule has 0 aliphatic rings. The molecule has 2 aromatic rings. The summed E-state index contributed by atoms with van der Waals surface area (Å²) >= 11 is 0. The molecule has 0 spiro atoms. The maximum atomic E-state index is 12.3. The summed E-state index contributed by atoms with van der Waals surface area (Å²) in [6.45, 7) is 5.32. The van der Waals surface area contributed by atoms with Crippen LogP contribution in [-0.4, -0.2) is 43.2 Å². The number of ether oxygens (including phenoxy) is 1. The van der Waals surface area contributed by atoms with Gasteiger partial charge in [-0.1, -0.05) is 24.3 Å². The van der Waals surface area contributed by atoms with Gasteiger partial charge in [0.2, 0.25) is 0 Å². The van der Waals surface area contributed by atoms with E-state index in [9.17, 15) is 30.0 Å². The van der Waals surface area contributed by atoms with Crippen LogP contribution in [-0.2, 0) is 31.2 Å². The van der Waals surface area contributed by atoms with Crippen LogP contribution in [0.15, 0.2) is 36.4 Å². The van der Waals surface area contributed by atoms with Gasteiger partial charge in [-0.3, -0.25) is 9.59 Å². The molecule has 2 aromatic carbocycles. The molecule has 7 heteroatoms. The van der Waals surface area contributed by atoms with E-state index >= 15 is 0 Å². The molecule has 31 heavy (non-hydrogen) atoms. The van der Waals surface area contributed by atoms with Crippen molar-refractivity contribution < 1.29 is 34.8 Å². The molecule has 0 aliphatic carbocycles. The van der Waals surface area contributed by atoms with Crippen LogP contribution in [0.25, 0.3) is 0 Å². The monoisotopic (exact) mass is 430 g/mol. The van der Waals surface area contributed by atoms with E-state index in [0.29, 0.717) is 33.4 Å². The van der Waals surface area contributed by atoms with Gasteiger partial charge in [-0.15, -0.1) is 0 Å². The van der Waals surface area contributed by atoms with Crippen LogP contribution in [0.1, 0.15) is 70.7 Å². The van der Waals surface area contributed by atoms with E-state index in [1.165, 1.54) is 33.8 Å². The number of Topliss-reactive ketones (excluding diaryl/α,β-unsaturated/α-hetero) is 2. The largest absolute Gasteiger partial charge is 0.392 e. The molecule has 0 amide bonds. The highest BCUT2D eigenvalue weighted by Crippen LogP contribution is 2.21. The lowest BCUT2D eigenvalue weighted by Crippen LogP contribution is -2.31. The summed E-state index contributed by atoms with van der Waals surface area (Å²) < 4.78 is 5.75. The SMILES string of the molecule is CC(C)(O)C(=O)c1ccc(COCc2cc(C(=O)C(C)(C)O)ccc2CO)c(CO)c1. The van der Waals surface area contributed by atoms with Crippen molar-refractivity contribution in [3.63, 3.8) is 0 Å². The van der Waals surface area contributed by atoms with E-state index in [0.717, 1.165) is 0 Å². The van der Waals surface area contributed by atoms with E-state index in [1.807, 2.05) is 0 Å². The maximum absolute atomic E-state index is 12.3. The Morgan fingerprint density at radius 2 is 1.13 bits per heavy atom. The fourth-order valence-electron chi connectivity index (χ4n) is 3.09. The number of aliphatic hydroxyl groups is 4. The second kappa shape index (κ2) is 9.80. The number of hydrogen-bond acceptors (Lipinski definition) is 7. The lowest BCUT2D eigenvalue weighted by Gasteiger charge is -2.18. The van der Waals surface area contributed by atoms with Crippen molar-refractivity contribution in [2.45, 2.75) is 65.3 Å². The van der Waals surface area contributed by atoms with E-state index < -0.39 is 22.8 Å². The van der Waals surface area contributed by atoms with Gasteiger partial charge < -0.3 is 25.2 Å². The molecular weight excluding hydrogens is 400 g/mol. The van der Waals surface area contributed by atoms with Crippen LogP contribution >= 0.6 is 0 Å². The lowest BCUT2D eigenvalue weighted by molar-refractivity contribution is 0.0486. The summed E-state index contributed by atoms with van der Waals surface area (Å²) in [6, 6.07) is 9.52. The zero-order chi connectivity index (χ0) is 23.4. The number of hydrogen-bond donors (Lipinski definition) is 4. The van der Waals surface area contributed by atoms with Crippen molar-refractivity contribution >= 4 is 11.6 Å². The first kappa shape index (κ1) is 24.8. The van der Waals surface area contributed by atoms with Crippen molar-refractivity contribution in [1.29, 1.82) is 0 Å². The minimum absolute atomic E-state index is 0.0953. The van der Waals surface area contributed by atoms with Crippen molar-refractivity contribution in [2.24, 2.45) is 0 Å². The summed E-state index contributed by atoms with van der Waals surface area (Å²) in [5.74, 6) is -0.886. The molecule has 0 heterocycles. The average molecular weight is 430 g/mol. The Morgan fingerprint density at radius 1 is 0.710 bits per heavy atom. The van der Waals surface area contributed by atoms with Crippen LogP contribution in [0.5, 0.6) is 0 Å². The van der Waals surface area contributed by atoms with Crippen molar-refractivity contribution in [3.05, 3.63) is 69.8 Å². The fourth-order valence-corrected chi connectivity index (χ4v) is 3.09. The second-order valence-electron chi connectivity index (χ2n) is 8.55. The van der Waals surface area contributed by atoms with Gasteiger partial charge in [-0.2, -0.15) is 0 Å². The molecule has 0 atom stereocenters. The van der Waals surface area contributed by atoms with Gasteiger partial charge in [0.1, 0.15) is 11.2 Å². The zero-order valence-electron chi connectivity index (χ0n) is 18.3. The molecule has 2 rings (SSSR count). The first-order valence-corrected chi connectivity index (χ1v) is 9.96. The molecular formula is C24H30O7. The molecule has 0 saturated carbocycles.